The molecule has 1 aliphatic carbocycles. The summed E-state index contributed by atoms with van der Waals surface area (Å²) in [5, 5.41) is 12.5. The molecule has 0 bridgehead atoms. The first-order valence-electron chi connectivity index (χ1n) is 7.43. The molecule has 0 heterocycles. The van der Waals surface area contributed by atoms with Crippen LogP contribution in [0.25, 0.3) is 0 Å². The van der Waals surface area contributed by atoms with Crippen molar-refractivity contribution < 1.29 is 9.50 Å². The number of anilines is 1. The van der Waals surface area contributed by atoms with Crippen LogP contribution in [0.2, 0.25) is 0 Å². The first-order valence-corrected chi connectivity index (χ1v) is 7.43. The Labute approximate surface area is 120 Å². The van der Waals surface area contributed by atoms with Crippen molar-refractivity contribution in [2.24, 2.45) is 0 Å². The quantitative estimate of drug-likeness (QED) is 0.841. The van der Waals surface area contributed by atoms with Crippen LogP contribution in [-0.2, 0) is 0 Å². The van der Waals surface area contributed by atoms with Gasteiger partial charge in [0.15, 0.2) is 0 Å². The zero-order valence-corrected chi connectivity index (χ0v) is 12.6. The van der Waals surface area contributed by atoms with E-state index in [9.17, 15) is 9.50 Å². The molecule has 1 fully saturated rings. The number of hydrogen-bond donors (Lipinski definition) is 2. The molecule has 1 aromatic carbocycles. The molecule has 0 amide bonds. The van der Waals surface area contributed by atoms with Crippen LogP contribution in [0.3, 0.4) is 0 Å². The van der Waals surface area contributed by atoms with Gasteiger partial charge in [-0.1, -0.05) is 0 Å². The third-order valence-electron chi connectivity index (χ3n) is 4.37. The van der Waals surface area contributed by atoms with E-state index >= 15 is 0 Å². The van der Waals surface area contributed by atoms with Crippen LogP contribution in [0, 0.1) is 12.7 Å². The highest BCUT2D eigenvalue weighted by molar-refractivity contribution is 5.58. The number of aryl methyl sites for hydroxylation is 1. The van der Waals surface area contributed by atoms with Crippen LogP contribution in [-0.4, -0.2) is 31.3 Å². The van der Waals surface area contributed by atoms with E-state index in [4.69, 9.17) is 0 Å². The fourth-order valence-corrected chi connectivity index (χ4v) is 2.74. The van der Waals surface area contributed by atoms with Crippen molar-refractivity contribution in [2.75, 3.05) is 25.1 Å². The van der Waals surface area contributed by atoms with Gasteiger partial charge in [0.1, 0.15) is 5.82 Å². The summed E-state index contributed by atoms with van der Waals surface area (Å²) in [5.74, 6) is -0.164. The average molecular weight is 280 g/mol. The van der Waals surface area contributed by atoms with Crippen LogP contribution < -0.4 is 10.2 Å². The number of aliphatic hydroxyl groups is 1. The molecule has 0 saturated heterocycles. The number of rotatable bonds is 6. The van der Waals surface area contributed by atoms with Gasteiger partial charge < -0.3 is 15.3 Å². The van der Waals surface area contributed by atoms with E-state index < -0.39 is 0 Å². The maximum atomic E-state index is 13.9. The lowest BCUT2D eigenvalue weighted by Crippen LogP contribution is -2.42. The van der Waals surface area contributed by atoms with Crippen LogP contribution in [0.4, 0.5) is 10.1 Å². The number of hydrogen-bond acceptors (Lipinski definition) is 3. The van der Waals surface area contributed by atoms with E-state index in [1.54, 1.807) is 13.0 Å². The number of nitrogens with zero attached hydrogens (tertiary/aromatic N) is 1. The fraction of sp³-hybridized carbons (Fsp3) is 0.625. The molecule has 3 nitrogen and oxygen atoms in total. The maximum absolute atomic E-state index is 13.9. The van der Waals surface area contributed by atoms with Crippen LogP contribution in [0.1, 0.15) is 43.4 Å². The van der Waals surface area contributed by atoms with Gasteiger partial charge in [-0.05, 0) is 63.4 Å². The second kappa shape index (κ2) is 6.55. The van der Waals surface area contributed by atoms with Crippen molar-refractivity contribution in [2.45, 2.75) is 45.2 Å². The topological polar surface area (TPSA) is 35.5 Å². The Bertz CT molecular complexity index is 460. The zero-order chi connectivity index (χ0) is 14.7. The maximum Gasteiger partial charge on any atom is 0.126 e. The van der Waals surface area contributed by atoms with Gasteiger partial charge >= 0.3 is 0 Å². The molecule has 112 valence electrons. The highest BCUT2D eigenvalue weighted by Crippen LogP contribution is 2.35. The van der Waals surface area contributed by atoms with E-state index in [1.165, 1.54) is 6.42 Å². The SMILES string of the molecule is CNC(C)c1cc(F)c(C)cc1N(CCO)C1CCC1. The number of halogens is 1. The summed E-state index contributed by atoms with van der Waals surface area (Å²) in [7, 11) is 1.88. The molecule has 0 spiro atoms. The van der Waals surface area contributed by atoms with Gasteiger partial charge in [0, 0.05) is 24.3 Å². The predicted octanol–water partition coefficient (Wildman–Crippen LogP) is 2.77. The van der Waals surface area contributed by atoms with E-state index in [0.29, 0.717) is 18.2 Å². The molecule has 4 heteroatoms. The van der Waals surface area contributed by atoms with Crippen molar-refractivity contribution in [1.82, 2.24) is 5.32 Å². The Morgan fingerprint density at radius 1 is 1.45 bits per heavy atom. The van der Waals surface area contributed by atoms with Gasteiger partial charge in [-0.2, -0.15) is 0 Å². The van der Waals surface area contributed by atoms with Gasteiger partial charge in [-0.25, -0.2) is 4.39 Å². The van der Waals surface area contributed by atoms with E-state index in [2.05, 4.69) is 10.2 Å². The highest BCUT2D eigenvalue weighted by Gasteiger charge is 2.27. The smallest absolute Gasteiger partial charge is 0.126 e. The second-order valence-corrected chi connectivity index (χ2v) is 5.67. The van der Waals surface area contributed by atoms with E-state index in [1.807, 2.05) is 20.0 Å². The number of aliphatic hydroxyl groups excluding tert-OH is 1. The molecule has 1 aliphatic rings. The molecule has 1 unspecified atom stereocenters. The van der Waals surface area contributed by atoms with Gasteiger partial charge in [-0.15, -0.1) is 0 Å². The van der Waals surface area contributed by atoms with Gasteiger partial charge in [-0.3, -0.25) is 0 Å². The Morgan fingerprint density at radius 3 is 2.65 bits per heavy atom. The molecule has 0 aromatic heterocycles. The molecule has 2 N–H and O–H groups in total. The van der Waals surface area contributed by atoms with Crippen LogP contribution in [0.15, 0.2) is 12.1 Å². The van der Waals surface area contributed by atoms with Gasteiger partial charge in [0.2, 0.25) is 0 Å². The predicted molar refractivity (Wildman–Crippen MR) is 80.7 cm³/mol. The second-order valence-electron chi connectivity index (χ2n) is 5.67. The van der Waals surface area contributed by atoms with E-state index in [0.717, 1.165) is 24.1 Å². The molecular formula is C16H25FN2O. The first-order chi connectivity index (χ1) is 9.58. The summed E-state index contributed by atoms with van der Waals surface area (Å²) in [6, 6.07) is 4.12. The third kappa shape index (κ3) is 2.96. The summed E-state index contributed by atoms with van der Waals surface area (Å²) >= 11 is 0. The fourth-order valence-electron chi connectivity index (χ4n) is 2.74. The minimum atomic E-state index is -0.164. The van der Waals surface area contributed by atoms with Gasteiger partial charge in [0.25, 0.3) is 0 Å². The summed E-state index contributed by atoms with van der Waals surface area (Å²) in [4.78, 5) is 2.25. The molecule has 0 aliphatic heterocycles. The third-order valence-corrected chi connectivity index (χ3v) is 4.37. The molecule has 1 saturated carbocycles. The average Bonchev–Trinajstić information content (AvgIpc) is 2.38. The van der Waals surface area contributed by atoms with Crippen molar-refractivity contribution in [3.63, 3.8) is 0 Å². The molecule has 20 heavy (non-hydrogen) atoms. The largest absolute Gasteiger partial charge is 0.395 e. The lowest BCUT2D eigenvalue weighted by molar-refractivity contribution is 0.283. The molecule has 1 atom stereocenters. The standard InChI is InChI=1S/C16H25FN2O/c1-11-9-16(14(10-15(11)17)12(2)18-3)19(7-8-20)13-5-4-6-13/h9-10,12-13,18,20H,4-8H2,1-3H3. The summed E-state index contributed by atoms with van der Waals surface area (Å²) in [6.07, 6.45) is 3.55. The van der Waals surface area contributed by atoms with Crippen molar-refractivity contribution in [3.8, 4) is 0 Å². The lowest BCUT2D eigenvalue weighted by atomic mass is 9.89. The minimum Gasteiger partial charge on any atom is -0.395 e. The lowest BCUT2D eigenvalue weighted by Gasteiger charge is -2.40. The number of benzene rings is 1. The minimum absolute atomic E-state index is 0.0846. The molecule has 0 radical (unpaired) electrons. The van der Waals surface area contributed by atoms with Crippen molar-refractivity contribution in [1.29, 1.82) is 0 Å². The van der Waals surface area contributed by atoms with Crippen molar-refractivity contribution >= 4 is 5.69 Å². The first kappa shape index (κ1) is 15.3. The summed E-state index contributed by atoms with van der Waals surface area (Å²) < 4.78 is 13.9. The van der Waals surface area contributed by atoms with Crippen molar-refractivity contribution in [3.05, 3.63) is 29.1 Å². The molecule has 1 aromatic rings. The zero-order valence-electron chi connectivity index (χ0n) is 12.6. The monoisotopic (exact) mass is 280 g/mol. The molecular weight excluding hydrogens is 255 g/mol. The normalized spacial score (nSPS) is 16.9. The highest BCUT2D eigenvalue weighted by atomic mass is 19.1. The Hall–Kier alpha value is -1.13. The Morgan fingerprint density at radius 2 is 2.15 bits per heavy atom. The summed E-state index contributed by atoms with van der Waals surface area (Å²) in [6.45, 7) is 4.57. The van der Waals surface area contributed by atoms with Crippen LogP contribution >= 0.6 is 0 Å². The molecule has 2 rings (SSSR count). The Balaban J connectivity index is 2.42. The Kier molecular flexibility index (Phi) is 5.00. The van der Waals surface area contributed by atoms with Gasteiger partial charge in [0.05, 0.1) is 6.61 Å². The number of nitrogens with one attached hydrogen (secondary N) is 1. The van der Waals surface area contributed by atoms with E-state index in [-0.39, 0.29) is 18.5 Å². The summed E-state index contributed by atoms with van der Waals surface area (Å²) in [5.41, 5.74) is 2.69. The van der Waals surface area contributed by atoms with Crippen LogP contribution in [0.5, 0.6) is 0 Å².